The largest absolute Gasteiger partial charge is 0.341 e. The molecule has 1 saturated carbocycles. The summed E-state index contributed by atoms with van der Waals surface area (Å²) in [5.74, 6) is 0.697. The van der Waals surface area contributed by atoms with Crippen LogP contribution in [0, 0.1) is 5.92 Å². The minimum Gasteiger partial charge on any atom is -0.341 e. The molecule has 1 aliphatic rings. The maximum Gasteiger partial charge on any atom is 0.322 e. The number of carbonyl (C=O) groups is 1. The van der Waals surface area contributed by atoms with Crippen LogP contribution in [0.4, 0.5) is 4.79 Å². The van der Waals surface area contributed by atoms with E-state index in [1.165, 1.54) is 37.0 Å². The minimum absolute atomic E-state index is 0.125. The van der Waals surface area contributed by atoms with Gasteiger partial charge >= 0.3 is 6.03 Å². The number of urea groups is 1. The van der Waals surface area contributed by atoms with Crippen LogP contribution in [0.5, 0.6) is 0 Å². The molecule has 1 rings (SSSR count). The number of carbonyl (C=O) groups excluding carboxylic acids is 1. The number of aliphatic imine (C=N–C) groups is 1. The van der Waals surface area contributed by atoms with Gasteiger partial charge < -0.3 is 5.32 Å². The van der Waals surface area contributed by atoms with E-state index in [1.54, 1.807) is 20.4 Å². The molecule has 16 heavy (non-hydrogen) atoms. The third-order valence-corrected chi connectivity index (χ3v) is 3.34. The molecule has 0 radical (unpaired) electrons. The van der Waals surface area contributed by atoms with Gasteiger partial charge in [0.05, 0.1) is 12.4 Å². The number of amides is 2. The second-order valence-corrected chi connectivity index (χ2v) is 4.57. The third kappa shape index (κ3) is 3.83. The van der Waals surface area contributed by atoms with E-state index in [2.05, 4.69) is 17.2 Å². The van der Waals surface area contributed by atoms with Gasteiger partial charge in [-0.05, 0) is 25.7 Å². The highest BCUT2D eigenvalue weighted by molar-refractivity contribution is 5.85. The van der Waals surface area contributed by atoms with Crippen LogP contribution in [-0.2, 0) is 0 Å². The van der Waals surface area contributed by atoms with E-state index in [4.69, 9.17) is 0 Å². The van der Waals surface area contributed by atoms with Crippen molar-refractivity contribution in [2.24, 2.45) is 10.9 Å². The highest BCUT2D eigenvalue weighted by Crippen LogP contribution is 2.27. The molecular formula is C12H23N3O. The first kappa shape index (κ1) is 13.0. The first-order valence-electron chi connectivity index (χ1n) is 6.13. The Morgan fingerprint density at radius 2 is 2.06 bits per heavy atom. The summed E-state index contributed by atoms with van der Waals surface area (Å²) in [6.45, 7) is 2.14. The first-order valence-corrected chi connectivity index (χ1v) is 6.13. The van der Waals surface area contributed by atoms with Crippen molar-refractivity contribution in [3.63, 3.8) is 0 Å². The maximum absolute atomic E-state index is 11.2. The molecule has 1 fully saturated rings. The Hall–Kier alpha value is -1.06. The molecule has 0 heterocycles. The molecule has 0 spiro atoms. The lowest BCUT2D eigenvalue weighted by Crippen LogP contribution is -2.34. The van der Waals surface area contributed by atoms with E-state index in [1.807, 2.05) is 0 Å². The van der Waals surface area contributed by atoms with Crippen molar-refractivity contribution in [2.45, 2.75) is 45.1 Å². The zero-order valence-corrected chi connectivity index (χ0v) is 10.6. The zero-order valence-electron chi connectivity index (χ0n) is 10.6. The van der Waals surface area contributed by atoms with E-state index in [0.717, 1.165) is 0 Å². The van der Waals surface area contributed by atoms with Crippen molar-refractivity contribution in [3.05, 3.63) is 0 Å². The van der Waals surface area contributed by atoms with Gasteiger partial charge in [0.25, 0.3) is 0 Å². The van der Waals surface area contributed by atoms with Gasteiger partial charge in [0.1, 0.15) is 0 Å². The van der Waals surface area contributed by atoms with E-state index >= 15 is 0 Å². The van der Waals surface area contributed by atoms with E-state index in [0.29, 0.717) is 12.0 Å². The summed E-state index contributed by atoms with van der Waals surface area (Å²) in [7, 11) is 3.34. The fourth-order valence-corrected chi connectivity index (χ4v) is 2.17. The van der Waals surface area contributed by atoms with Crippen molar-refractivity contribution < 1.29 is 4.79 Å². The molecule has 0 unspecified atom stereocenters. The predicted octanol–water partition coefficient (Wildman–Crippen LogP) is 2.25. The lowest BCUT2D eigenvalue weighted by molar-refractivity contribution is 0.229. The number of hydrogen-bond acceptors (Lipinski definition) is 2. The Balaban J connectivity index is 2.39. The summed E-state index contributed by atoms with van der Waals surface area (Å²) in [6.07, 6.45) is 8.22. The van der Waals surface area contributed by atoms with E-state index in [-0.39, 0.29) is 6.03 Å². The standard InChI is InChI=1S/C12H23N3O/c1-10(11-7-5-4-6-8-11)14-9-15(3)12(16)13-2/h9-11H,4-8H2,1-3H3,(H,13,16)/t10-/m0/s1. The van der Waals surface area contributed by atoms with Crippen LogP contribution in [0.25, 0.3) is 0 Å². The minimum atomic E-state index is -0.125. The highest BCUT2D eigenvalue weighted by atomic mass is 16.2. The summed E-state index contributed by atoms with van der Waals surface area (Å²) in [5, 5.41) is 2.56. The Labute approximate surface area is 98.1 Å². The summed E-state index contributed by atoms with van der Waals surface area (Å²) in [5.41, 5.74) is 0. The van der Waals surface area contributed by atoms with E-state index < -0.39 is 0 Å². The van der Waals surface area contributed by atoms with Crippen molar-refractivity contribution in [1.82, 2.24) is 10.2 Å². The molecular weight excluding hydrogens is 202 g/mol. The lowest BCUT2D eigenvalue weighted by Gasteiger charge is -2.25. The molecule has 0 aromatic heterocycles. The number of nitrogens with one attached hydrogen (secondary N) is 1. The van der Waals surface area contributed by atoms with E-state index in [9.17, 15) is 4.79 Å². The van der Waals surface area contributed by atoms with Crippen LogP contribution in [-0.4, -0.2) is 37.4 Å². The second-order valence-electron chi connectivity index (χ2n) is 4.57. The van der Waals surface area contributed by atoms with Gasteiger partial charge in [-0.1, -0.05) is 19.3 Å². The van der Waals surface area contributed by atoms with Crippen molar-refractivity contribution >= 4 is 12.4 Å². The van der Waals surface area contributed by atoms with Gasteiger partial charge in [-0.2, -0.15) is 0 Å². The topological polar surface area (TPSA) is 44.7 Å². The SMILES string of the molecule is CNC(=O)N(C)C=N[C@@H](C)C1CCCCC1. The van der Waals surface area contributed by atoms with Crippen molar-refractivity contribution in [3.8, 4) is 0 Å². The second kappa shape index (κ2) is 6.51. The molecule has 0 aromatic carbocycles. The smallest absolute Gasteiger partial charge is 0.322 e. The van der Waals surface area contributed by atoms with Crippen LogP contribution in [0.1, 0.15) is 39.0 Å². The number of hydrogen-bond donors (Lipinski definition) is 1. The quantitative estimate of drug-likeness (QED) is 0.581. The lowest BCUT2D eigenvalue weighted by atomic mass is 9.85. The van der Waals surface area contributed by atoms with Gasteiger partial charge in [-0.3, -0.25) is 9.89 Å². The normalized spacial score (nSPS) is 19.7. The first-order chi connectivity index (χ1) is 7.65. The predicted molar refractivity (Wildman–Crippen MR) is 66.7 cm³/mol. The van der Waals surface area contributed by atoms with Gasteiger partial charge in [0.15, 0.2) is 0 Å². The summed E-state index contributed by atoms with van der Waals surface area (Å²) in [6, 6.07) is 0.201. The Bertz CT molecular complexity index is 247. The highest BCUT2D eigenvalue weighted by Gasteiger charge is 2.19. The van der Waals surface area contributed by atoms with Gasteiger partial charge in [-0.25, -0.2) is 4.79 Å². The molecule has 4 nitrogen and oxygen atoms in total. The molecule has 0 saturated heterocycles. The average Bonchev–Trinajstić information content (AvgIpc) is 2.35. The molecule has 2 amide bonds. The summed E-state index contributed by atoms with van der Waals surface area (Å²) in [4.78, 5) is 17.2. The number of rotatable bonds is 3. The Kier molecular flexibility index (Phi) is 5.29. The molecule has 4 heteroatoms. The van der Waals surface area contributed by atoms with Gasteiger partial charge in [-0.15, -0.1) is 0 Å². The molecule has 1 atom stereocenters. The van der Waals surface area contributed by atoms with Crippen LogP contribution in [0.3, 0.4) is 0 Å². The van der Waals surface area contributed by atoms with Crippen LogP contribution < -0.4 is 5.32 Å². The summed E-state index contributed by atoms with van der Waals surface area (Å²) < 4.78 is 0. The average molecular weight is 225 g/mol. The van der Waals surface area contributed by atoms with Crippen LogP contribution in [0.2, 0.25) is 0 Å². The van der Waals surface area contributed by atoms with Gasteiger partial charge in [0.2, 0.25) is 0 Å². The van der Waals surface area contributed by atoms with Crippen LogP contribution in [0.15, 0.2) is 4.99 Å². The monoisotopic (exact) mass is 225 g/mol. The molecule has 0 aliphatic heterocycles. The van der Waals surface area contributed by atoms with Crippen molar-refractivity contribution in [1.29, 1.82) is 0 Å². The fourth-order valence-electron chi connectivity index (χ4n) is 2.17. The molecule has 0 bridgehead atoms. The Morgan fingerprint density at radius 1 is 1.44 bits per heavy atom. The molecule has 1 aliphatic carbocycles. The van der Waals surface area contributed by atoms with Gasteiger partial charge in [0, 0.05) is 14.1 Å². The molecule has 0 aromatic rings. The van der Waals surface area contributed by atoms with Crippen LogP contribution >= 0.6 is 0 Å². The molecule has 1 N–H and O–H groups in total. The Morgan fingerprint density at radius 3 is 2.62 bits per heavy atom. The third-order valence-electron chi connectivity index (χ3n) is 3.34. The fraction of sp³-hybridized carbons (Fsp3) is 0.833. The molecule has 92 valence electrons. The summed E-state index contributed by atoms with van der Waals surface area (Å²) >= 11 is 0. The zero-order chi connectivity index (χ0) is 12.0. The maximum atomic E-state index is 11.2. The van der Waals surface area contributed by atoms with Crippen molar-refractivity contribution in [2.75, 3.05) is 14.1 Å². The number of nitrogens with zero attached hydrogens (tertiary/aromatic N) is 2.